The van der Waals surface area contributed by atoms with Crippen molar-refractivity contribution in [3.05, 3.63) is 23.8 Å². The molecule has 1 unspecified atom stereocenters. The van der Waals surface area contributed by atoms with Crippen molar-refractivity contribution < 1.29 is 29.3 Å². The van der Waals surface area contributed by atoms with Gasteiger partial charge in [-0.05, 0) is 39.7 Å². The minimum absolute atomic E-state index is 0.0793. The van der Waals surface area contributed by atoms with Crippen molar-refractivity contribution in [2.24, 2.45) is 0 Å². The summed E-state index contributed by atoms with van der Waals surface area (Å²) in [5, 5.41) is 22.1. The molecule has 0 radical (unpaired) electrons. The van der Waals surface area contributed by atoms with Crippen LogP contribution in [0.25, 0.3) is 0 Å². The molecule has 1 aliphatic carbocycles. The number of carboxylic acid groups (broad SMARTS) is 1. The summed E-state index contributed by atoms with van der Waals surface area (Å²) in [6.07, 6.45) is -0.418. The third-order valence-electron chi connectivity index (χ3n) is 3.93. The molecular weight excluding hydrogens is 314 g/mol. The zero-order valence-electron chi connectivity index (χ0n) is 14.3. The molecule has 24 heavy (non-hydrogen) atoms. The van der Waals surface area contributed by atoms with Crippen LogP contribution in [0, 0.1) is 0 Å². The molecule has 1 amide bonds. The number of rotatable bonds is 5. The Morgan fingerprint density at radius 2 is 1.92 bits per heavy atom. The van der Waals surface area contributed by atoms with Crippen LogP contribution in [0.4, 0.5) is 10.5 Å². The van der Waals surface area contributed by atoms with Crippen LogP contribution in [0.1, 0.15) is 39.2 Å². The monoisotopic (exact) mass is 337 g/mol. The lowest BCUT2D eigenvalue weighted by Gasteiger charge is -2.24. The van der Waals surface area contributed by atoms with Crippen LogP contribution in [0.2, 0.25) is 0 Å². The SMILES string of the molecule is COC(C(=O)O)C1(c2ccc(NC(=O)OC(C)(C)C)cc2O)CC1. The van der Waals surface area contributed by atoms with Gasteiger partial charge in [0.05, 0.1) is 0 Å². The van der Waals surface area contributed by atoms with Crippen molar-refractivity contribution in [1.82, 2.24) is 0 Å². The molecule has 132 valence electrons. The van der Waals surface area contributed by atoms with Crippen molar-refractivity contribution >= 4 is 17.7 Å². The van der Waals surface area contributed by atoms with Crippen LogP contribution in [0.3, 0.4) is 0 Å². The van der Waals surface area contributed by atoms with Gasteiger partial charge in [0.25, 0.3) is 0 Å². The van der Waals surface area contributed by atoms with Gasteiger partial charge in [-0.25, -0.2) is 9.59 Å². The number of carbonyl (C=O) groups is 2. The van der Waals surface area contributed by atoms with Gasteiger partial charge in [0.1, 0.15) is 11.4 Å². The molecule has 1 aromatic carbocycles. The number of carbonyl (C=O) groups excluding carboxylic acids is 1. The minimum atomic E-state index is -1.06. The number of phenolic OH excluding ortho intramolecular Hbond substituents is 1. The van der Waals surface area contributed by atoms with Gasteiger partial charge >= 0.3 is 12.1 Å². The average molecular weight is 337 g/mol. The van der Waals surface area contributed by atoms with E-state index in [1.54, 1.807) is 32.9 Å². The Bertz CT molecular complexity index is 645. The summed E-state index contributed by atoms with van der Waals surface area (Å²) in [6, 6.07) is 4.60. The number of ether oxygens (including phenoxy) is 2. The molecule has 1 fully saturated rings. The first-order valence-electron chi connectivity index (χ1n) is 7.68. The first kappa shape index (κ1) is 18.1. The van der Waals surface area contributed by atoms with Gasteiger partial charge in [0.2, 0.25) is 0 Å². The molecule has 7 nitrogen and oxygen atoms in total. The molecule has 0 aliphatic heterocycles. The van der Waals surface area contributed by atoms with Gasteiger partial charge < -0.3 is 19.7 Å². The quantitative estimate of drug-likeness (QED) is 0.763. The molecule has 3 N–H and O–H groups in total. The highest BCUT2D eigenvalue weighted by molar-refractivity contribution is 5.85. The largest absolute Gasteiger partial charge is 0.508 e. The van der Waals surface area contributed by atoms with Crippen LogP contribution in [0.5, 0.6) is 5.75 Å². The Balaban J connectivity index is 2.19. The van der Waals surface area contributed by atoms with E-state index in [0.29, 0.717) is 24.1 Å². The number of aliphatic carboxylic acids is 1. The molecule has 1 aromatic rings. The molecule has 1 atom stereocenters. The predicted molar refractivity (Wildman–Crippen MR) is 87.3 cm³/mol. The molecule has 1 saturated carbocycles. The normalized spacial score (nSPS) is 17.0. The van der Waals surface area contributed by atoms with Gasteiger partial charge in [-0.1, -0.05) is 6.07 Å². The van der Waals surface area contributed by atoms with Crippen molar-refractivity contribution in [3.63, 3.8) is 0 Å². The Morgan fingerprint density at radius 1 is 1.29 bits per heavy atom. The summed E-state index contributed by atoms with van der Waals surface area (Å²) in [4.78, 5) is 23.1. The number of hydrogen-bond acceptors (Lipinski definition) is 5. The average Bonchev–Trinajstić information content (AvgIpc) is 3.17. The van der Waals surface area contributed by atoms with Crippen molar-refractivity contribution in [1.29, 1.82) is 0 Å². The lowest BCUT2D eigenvalue weighted by molar-refractivity contribution is -0.150. The molecule has 0 bridgehead atoms. The van der Waals surface area contributed by atoms with Gasteiger partial charge in [-0.15, -0.1) is 0 Å². The first-order chi connectivity index (χ1) is 11.1. The van der Waals surface area contributed by atoms with Crippen LogP contribution in [-0.4, -0.2) is 41.1 Å². The van der Waals surface area contributed by atoms with E-state index in [1.807, 2.05) is 0 Å². The van der Waals surface area contributed by atoms with Gasteiger partial charge in [0.15, 0.2) is 6.10 Å². The highest BCUT2D eigenvalue weighted by atomic mass is 16.6. The van der Waals surface area contributed by atoms with Crippen molar-refractivity contribution in [2.75, 3.05) is 12.4 Å². The molecule has 0 saturated heterocycles. The standard InChI is InChI=1S/C17H23NO6/c1-16(2,3)24-15(22)18-10-5-6-11(12(19)9-10)17(7-8-17)13(23-4)14(20)21/h5-6,9,13,19H,7-8H2,1-4H3,(H,18,22)(H,20,21). The molecule has 2 rings (SSSR count). The summed E-state index contributed by atoms with van der Waals surface area (Å²) in [7, 11) is 1.34. The minimum Gasteiger partial charge on any atom is -0.508 e. The summed E-state index contributed by atoms with van der Waals surface area (Å²) in [6.45, 7) is 5.25. The van der Waals surface area contributed by atoms with Crippen LogP contribution < -0.4 is 5.32 Å². The van der Waals surface area contributed by atoms with E-state index < -0.39 is 29.2 Å². The van der Waals surface area contributed by atoms with E-state index in [0.717, 1.165) is 0 Å². The van der Waals surface area contributed by atoms with Crippen LogP contribution in [0.15, 0.2) is 18.2 Å². The number of anilines is 1. The van der Waals surface area contributed by atoms with E-state index >= 15 is 0 Å². The zero-order valence-corrected chi connectivity index (χ0v) is 14.3. The number of aromatic hydroxyl groups is 1. The topological polar surface area (TPSA) is 105 Å². The maximum Gasteiger partial charge on any atom is 0.412 e. The van der Waals surface area contributed by atoms with E-state index in [4.69, 9.17) is 9.47 Å². The summed E-state index contributed by atoms with van der Waals surface area (Å²) in [5.74, 6) is -1.14. The highest BCUT2D eigenvalue weighted by Gasteiger charge is 2.55. The third kappa shape index (κ3) is 3.79. The number of hydrogen-bond donors (Lipinski definition) is 3. The lowest BCUT2D eigenvalue weighted by Crippen LogP contribution is -2.35. The fourth-order valence-corrected chi connectivity index (χ4v) is 2.82. The van der Waals surface area contributed by atoms with Gasteiger partial charge in [-0.2, -0.15) is 0 Å². The summed E-state index contributed by atoms with van der Waals surface area (Å²) < 4.78 is 10.2. The third-order valence-corrected chi connectivity index (χ3v) is 3.93. The van der Waals surface area contributed by atoms with E-state index in [2.05, 4.69) is 5.32 Å². The summed E-state index contributed by atoms with van der Waals surface area (Å²) >= 11 is 0. The second kappa shape index (κ2) is 6.32. The van der Waals surface area contributed by atoms with Crippen LogP contribution >= 0.6 is 0 Å². The first-order valence-corrected chi connectivity index (χ1v) is 7.68. The van der Waals surface area contributed by atoms with Gasteiger partial charge in [0, 0.05) is 29.8 Å². The highest BCUT2D eigenvalue weighted by Crippen LogP contribution is 2.54. The Labute approximate surface area is 140 Å². The van der Waals surface area contributed by atoms with Crippen LogP contribution in [-0.2, 0) is 19.7 Å². The molecule has 0 spiro atoms. The second-order valence-corrected chi connectivity index (χ2v) is 6.97. The molecule has 0 heterocycles. The maximum absolute atomic E-state index is 11.8. The Hall–Kier alpha value is -2.28. The van der Waals surface area contributed by atoms with E-state index in [9.17, 15) is 19.8 Å². The number of phenols is 1. The van der Waals surface area contributed by atoms with Crippen molar-refractivity contribution in [3.8, 4) is 5.75 Å². The maximum atomic E-state index is 11.8. The number of amides is 1. The Morgan fingerprint density at radius 3 is 2.33 bits per heavy atom. The number of carboxylic acids is 1. The number of nitrogens with one attached hydrogen (secondary N) is 1. The fourth-order valence-electron chi connectivity index (χ4n) is 2.82. The molecule has 7 heteroatoms. The molecule has 1 aliphatic rings. The number of methoxy groups -OCH3 is 1. The molecule has 0 aromatic heterocycles. The molecular formula is C17H23NO6. The summed E-state index contributed by atoms with van der Waals surface area (Å²) in [5.41, 5.74) is -0.482. The smallest absolute Gasteiger partial charge is 0.412 e. The predicted octanol–water partition coefficient (Wildman–Crippen LogP) is 2.87. The van der Waals surface area contributed by atoms with Gasteiger partial charge in [-0.3, -0.25) is 5.32 Å². The lowest BCUT2D eigenvalue weighted by atomic mass is 9.88. The van der Waals surface area contributed by atoms with Crippen molar-refractivity contribution in [2.45, 2.75) is 50.7 Å². The fraction of sp³-hybridized carbons (Fsp3) is 0.529. The second-order valence-electron chi connectivity index (χ2n) is 6.97. The van der Waals surface area contributed by atoms with E-state index in [-0.39, 0.29) is 5.75 Å². The van der Waals surface area contributed by atoms with E-state index in [1.165, 1.54) is 13.2 Å². The zero-order chi connectivity index (χ0) is 18.1. The number of benzene rings is 1. The Kier molecular flexibility index (Phi) is 4.75.